The van der Waals surface area contributed by atoms with Crippen LogP contribution in [0.1, 0.15) is 39.5 Å². The molecule has 4 rings (SSSR count). The Labute approximate surface area is 193 Å². The second kappa shape index (κ2) is 8.61. The second-order valence-corrected chi connectivity index (χ2v) is 9.16. The molecule has 3 saturated heterocycles. The molecule has 1 spiro atoms. The lowest BCUT2D eigenvalue weighted by atomic mass is 9.65. The van der Waals surface area contributed by atoms with Crippen LogP contribution in [0.4, 0.5) is 5.69 Å². The molecule has 2 unspecified atom stereocenters. The Bertz CT molecular complexity index is 933. The van der Waals surface area contributed by atoms with Crippen LogP contribution in [0.3, 0.4) is 0 Å². The van der Waals surface area contributed by atoms with E-state index >= 15 is 0 Å². The fourth-order valence-electron chi connectivity index (χ4n) is 6.20. The van der Waals surface area contributed by atoms with Crippen LogP contribution >= 0.6 is 0 Å². The first kappa shape index (κ1) is 23.5. The summed E-state index contributed by atoms with van der Waals surface area (Å²) >= 11 is 0. The highest BCUT2D eigenvalue weighted by Gasteiger charge is 2.79. The fraction of sp³-hybridized carbons (Fsp3) is 0.625. The molecule has 9 heteroatoms. The predicted octanol–water partition coefficient (Wildman–Crippen LogP) is 1.31. The first-order chi connectivity index (χ1) is 15.8. The number of benzene rings is 1. The topological polar surface area (TPSA) is 117 Å². The molecule has 0 radical (unpaired) electrons. The Balaban J connectivity index is 1.76. The standard InChI is InChI=1S/C24H33N3O6/c1-5-15(13-28)27-19(21(30)26-14-7-9-16(32-4)10-8-14)24-12-11-23(6-2,33-24)17(20(29)25-3)18(24)22(27)31/h7-10,15,17-19,28H,5-6,11-13H2,1-4H3,(H,25,29)(H,26,30)/t15-,17+,18-,19?,23-,24?/m0/s1. The summed E-state index contributed by atoms with van der Waals surface area (Å²) in [4.78, 5) is 42.0. The lowest BCUT2D eigenvalue weighted by Crippen LogP contribution is -2.56. The number of likely N-dealkylation sites (tertiary alicyclic amines) is 1. The summed E-state index contributed by atoms with van der Waals surface area (Å²) < 4.78 is 11.8. The van der Waals surface area contributed by atoms with Gasteiger partial charge in [-0.25, -0.2) is 0 Å². The average molecular weight is 460 g/mol. The molecule has 0 aromatic heterocycles. The lowest BCUT2D eigenvalue weighted by Gasteiger charge is -2.37. The minimum absolute atomic E-state index is 0.245. The number of methoxy groups -OCH3 is 1. The third kappa shape index (κ3) is 3.32. The number of amides is 3. The maximum absolute atomic E-state index is 13.8. The second-order valence-electron chi connectivity index (χ2n) is 9.16. The summed E-state index contributed by atoms with van der Waals surface area (Å²) in [5.74, 6) is -1.71. The molecule has 3 aliphatic heterocycles. The quantitative estimate of drug-likeness (QED) is 0.540. The third-order valence-corrected chi connectivity index (χ3v) is 7.83. The van der Waals surface area contributed by atoms with Gasteiger partial charge in [-0.3, -0.25) is 14.4 Å². The van der Waals surface area contributed by atoms with Gasteiger partial charge in [0.2, 0.25) is 17.7 Å². The van der Waals surface area contributed by atoms with Gasteiger partial charge in [-0.15, -0.1) is 0 Å². The summed E-state index contributed by atoms with van der Waals surface area (Å²) in [6.45, 7) is 3.54. The third-order valence-electron chi connectivity index (χ3n) is 7.83. The van der Waals surface area contributed by atoms with Gasteiger partial charge in [0.05, 0.1) is 37.2 Å². The minimum Gasteiger partial charge on any atom is -0.497 e. The van der Waals surface area contributed by atoms with E-state index in [0.717, 1.165) is 0 Å². The maximum atomic E-state index is 13.8. The van der Waals surface area contributed by atoms with Gasteiger partial charge in [-0.2, -0.15) is 0 Å². The van der Waals surface area contributed by atoms with E-state index in [1.54, 1.807) is 38.4 Å². The van der Waals surface area contributed by atoms with E-state index in [0.29, 0.717) is 37.1 Å². The lowest BCUT2D eigenvalue weighted by molar-refractivity contribution is -0.149. The molecule has 3 aliphatic rings. The molecule has 180 valence electrons. The minimum atomic E-state index is -1.11. The molecule has 9 nitrogen and oxygen atoms in total. The smallest absolute Gasteiger partial charge is 0.250 e. The zero-order valence-electron chi connectivity index (χ0n) is 19.6. The SMILES string of the molecule is CC[C@@H](CO)N1C(=O)[C@@H]2[C@H](C(=O)NC)[C@]3(CC)CCC2(O3)C1C(=O)Nc1ccc(OC)cc1. The summed E-state index contributed by atoms with van der Waals surface area (Å²) in [6.07, 6.45) is 2.15. The number of nitrogens with zero attached hydrogens (tertiary/aromatic N) is 1. The zero-order valence-corrected chi connectivity index (χ0v) is 19.6. The summed E-state index contributed by atoms with van der Waals surface area (Å²) in [6, 6.07) is 5.44. The molecule has 0 saturated carbocycles. The van der Waals surface area contributed by atoms with Crippen molar-refractivity contribution in [3.8, 4) is 5.75 Å². The predicted molar refractivity (Wildman–Crippen MR) is 121 cm³/mol. The molecule has 1 aromatic carbocycles. The van der Waals surface area contributed by atoms with Crippen molar-refractivity contribution in [3.05, 3.63) is 24.3 Å². The summed E-state index contributed by atoms with van der Waals surface area (Å²) in [5, 5.41) is 15.7. The Hall–Kier alpha value is -2.65. The number of anilines is 1. The van der Waals surface area contributed by atoms with E-state index in [9.17, 15) is 19.5 Å². The maximum Gasteiger partial charge on any atom is 0.250 e. The van der Waals surface area contributed by atoms with Crippen LogP contribution in [0.2, 0.25) is 0 Å². The number of ether oxygens (including phenoxy) is 2. The largest absolute Gasteiger partial charge is 0.497 e. The van der Waals surface area contributed by atoms with Gasteiger partial charge >= 0.3 is 0 Å². The molecule has 3 amide bonds. The normalized spacial score (nSPS) is 33.1. The molecule has 0 aliphatic carbocycles. The van der Waals surface area contributed by atoms with Gasteiger partial charge in [0.25, 0.3) is 0 Å². The van der Waals surface area contributed by atoms with E-state index in [4.69, 9.17) is 9.47 Å². The van der Waals surface area contributed by atoms with Crippen molar-refractivity contribution >= 4 is 23.4 Å². The number of hydrogen-bond acceptors (Lipinski definition) is 6. The van der Waals surface area contributed by atoms with E-state index in [-0.39, 0.29) is 24.3 Å². The molecular weight excluding hydrogens is 426 g/mol. The highest BCUT2D eigenvalue weighted by Crippen LogP contribution is 2.64. The number of rotatable bonds is 8. The van der Waals surface area contributed by atoms with Gasteiger partial charge in [-0.05, 0) is 49.9 Å². The average Bonchev–Trinajstić information content (AvgIpc) is 3.44. The Morgan fingerprint density at radius 2 is 1.94 bits per heavy atom. The molecular formula is C24H33N3O6. The first-order valence-corrected chi connectivity index (χ1v) is 11.6. The highest BCUT2D eigenvalue weighted by molar-refractivity contribution is 6.04. The Morgan fingerprint density at radius 1 is 1.24 bits per heavy atom. The number of nitrogens with one attached hydrogen (secondary N) is 2. The van der Waals surface area contributed by atoms with Crippen molar-refractivity contribution in [2.75, 3.05) is 26.1 Å². The molecule has 2 bridgehead atoms. The fourth-order valence-corrected chi connectivity index (χ4v) is 6.20. The number of fused-ring (bicyclic) bond motifs is 1. The van der Waals surface area contributed by atoms with E-state index in [2.05, 4.69) is 10.6 Å². The van der Waals surface area contributed by atoms with Crippen LogP contribution < -0.4 is 15.4 Å². The number of hydrogen-bond donors (Lipinski definition) is 3. The summed E-state index contributed by atoms with van der Waals surface area (Å²) in [7, 11) is 3.12. The molecule has 33 heavy (non-hydrogen) atoms. The van der Waals surface area contributed by atoms with Crippen molar-refractivity contribution in [2.24, 2.45) is 11.8 Å². The number of carbonyl (C=O) groups is 3. The molecule has 6 atom stereocenters. The molecule has 3 N–H and O–H groups in total. The van der Waals surface area contributed by atoms with Gasteiger partial charge in [-0.1, -0.05) is 13.8 Å². The van der Waals surface area contributed by atoms with Crippen molar-refractivity contribution in [1.82, 2.24) is 10.2 Å². The number of aliphatic hydroxyl groups excluding tert-OH is 1. The van der Waals surface area contributed by atoms with Gasteiger partial charge in [0, 0.05) is 12.7 Å². The zero-order chi connectivity index (χ0) is 24.0. The van der Waals surface area contributed by atoms with E-state index in [1.165, 1.54) is 4.90 Å². The van der Waals surface area contributed by atoms with Crippen LogP contribution in [0.15, 0.2) is 24.3 Å². The van der Waals surface area contributed by atoms with Crippen molar-refractivity contribution < 1.29 is 29.0 Å². The van der Waals surface area contributed by atoms with Gasteiger partial charge < -0.3 is 30.1 Å². The van der Waals surface area contributed by atoms with Crippen molar-refractivity contribution in [2.45, 2.75) is 62.8 Å². The Kier molecular flexibility index (Phi) is 6.13. The van der Waals surface area contributed by atoms with Crippen LogP contribution in [0, 0.1) is 11.8 Å². The van der Waals surface area contributed by atoms with E-state index < -0.39 is 35.1 Å². The highest BCUT2D eigenvalue weighted by atomic mass is 16.5. The van der Waals surface area contributed by atoms with Crippen LogP contribution in [-0.2, 0) is 19.1 Å². The molecule has 3 fully saturated rings. The van der Waals surface area contributed by atoms with Gasteiger partial charge in [0.15, 0.2) is 0 Å². The van der Waals surface area contributed by atoms with Crippen LogP contribution in [0.25, 0.3) is 0 Å². The van der Waals surface area contributed by atoms with Gasteiger partial charge in [0.1, 0.15) is 17.4 Å². The number of aliphatic hydroxyl groups is 1. The Morgan fingerprint density at radius 3 is 2.48 bits per heavy atom. The van der Waals surface area contributed by atoms with Crippen LogP contribution in [-0.4, -0.2) is 71.8 Å². The monoisotopic (exact) mass is 459 g/mol. The van der Waals surface area contributed by atoms with Crippen molar-refractivity contribution in [1.29, 1.82) is 0 Å². The first-order valence-electron chi connectivity index (χ1n) is 11.6. The molecule has 1 aromatic rings. The number of carbonyl (C=O) groups excluding carboxylic acids is 3. The molecule has 3 heterocycles. The summed E-state index contributed by atoms with van der Waals surface area (Å²) in [5.41, 5.74) is -1.32. The van der Waals surface area contributed by atoms with E-state index in [1.807, 2.05) is 13.8 Å². The van der Waals surface area contributed by atoms with Crippen LogP contribution in [0.5, 0.6) is 5.75 Å². The van der Waals surface area contributed by atoms with Crippen molar-refractivity contribution in [3.63, 3.8) is 0 Å².